The van der Waals surface area contributed by atoms with Crippen molar-refractivity contribution in [3.8, 4) is 11.1 Å². The maximum Gasteiger partial charge on any atom is 0.264 e. The van der Waals surface area contributed by atoms with Crippen LogP contribution in [0.3, 0.4) is 0 Å². The van der Waals surface area contributed by atoms with Gasteiger partial charge in [0.1, 0.15) is 0 Å². The number of anilines is 8. The van der Waals surface area contributed by atoms with Gasteiger partial charge in [0.15, 0.2) is 0 Å². The number of aryl methyl sites for hydroxylation is 1. The lowest BCUT2D eigenvalue weighted by Gasteiger charge is -2.50. The topological polar surface area (TPSA) is 9.72 Å². The van der Waals surface area contributed by atoms with Crippen LogP contribution < -0.4 is 30.4 Å². The third-order valence-corrected chi connectivity index (χ3v) is 25.6. The number of rotatable bonds is 4. The number of nitrogens with zero attached hydrogens (tertiary/aromatic N) is 3. The van der Waals surface area contributed by atoms with E-state index < -0.39 is 0 Å². The first-order valence-corrected chi connectivity index (χ1v) is 34.0. The molecule has 2 atom stereocenters. The smallest absolute Gasteiger partial charge is 0.264 e. The molecule has 3 aliphatic heterocycles. The van der Waals surface area contributed by atoms with Crippen molar-refractivity contribution in [2.45, 2.75) is 238 Å². The second-order valence-corrected chi connectivity index (χ2v) is 34.8. The molecule has 7 aliphatic rings. The molecule has 0 spiro atoms. The van der Waals surface area contributed by atoms with Gasteiger partial charge in [0.05, 0.1) is 16.9 Å². The molecule has 8 aromatic rings. The molecule has 0 radical (unpaired) electrons. The minimum absolute atomic E-state index is 0.000446. The van der Waals surface area contributed by atoms with Crippen LogP contribution >= 0.6 is 11.3 Å². The second kappa shape index (κ2) is 18.1. The Balaban J connectivity index is 1.07. The Morgan fingerprint density at radius 3 is 1.63 bits per heavy atom. The van der Waals surface area contributed by atoms with Crippen molar-refractivity contribution in [3.63, 3.8) is 0 Å². The van der Waals surface area contributed by atoms with Gasteiger partial charge in [0.2, 0.25) is 0 Å². The lowest BCUT2D eigenvalue weighted by molar-refractivity contribution is 0.195. The molecule has 3 nitrogen and oxygen atoms in total. The number of para-hydroxylation sites is 1. The average molecular weight is 1150 g/mol. The van der Waals surface area contributed by atoms with Gasteiger partial charge in [-0.2, -0.15) is 0 Å². The fourth-order valence-electron chi connectivity index (χ4n) is 18.3. The molecule has 5 heteroatoms. The highest BCUT2D eigenvalue weighted by Gasteiger charge is 2.58. The summed E-state index contributed by atoms with van der Waals surface area (Å²) in [6.07, 6.45) is 11.9. The molecule has 0 bridgehead atoms. The fourth-order valence-corrected chi connectivity index (χ4v) is 19.7. The predicted octanol–water partition coefficient (Wildman–Crippen LogP) is 21.0. The van der Waals surface area contributed by atoms with Crippen LogP contribution in [0.4, 0.5) is 45.5 Å². The van der Waals surface area contributed by atoms with Crippen LogP contribution in [0, 0.1) is 6.92 Å². The Morgan fingerprint density at radius 2 is 0.988 bits per heavy atom. The summed E-state index contributed by atoms with van der Waals surface area (Å²) in [6, 6.07) is 50.6. The Kier molecular flexibility index (Phi) is 11.9. The molecule has 86 heavy (non-hydrogen) atoms. The first-order chi connectivity index (χ1) is 40.4. The van der Waals surface area contributed by atoms with Crippen molar-refractivity contribution in [2.75, 3.05) is 14.7 Å². The van der Waals surface area contributed by atoms with E-state index in [-0.39, 0.29) is 55.6 Å². The minimum atomic E-state index is -0.0883. The van der Waals surface area contributed by atoms with E-state index in [1.165, 1.54) is 177 Å². The zero-order valence-corrected chi connectivity index (χ0v) is 56.3. The van der Waals surface area contributed by atoms with Gasteiger partial charge < -0.3 is 14.7 Å². The van der Waals surface area contributed by atoms with Gasteiger partial charge in [0.25, 0.3) is 6.71 Å². The normalized spacial score (nSPS) is 23.8. The third kappa shape index (κ3) is 7.89. The summed E-state index contributed by atoms with van der Waals surface area (Å²) in [6.45, 7) is 44.6. The standard InChI is InChI=1S/C81H94BN3S/c1-49-41-67-70-68(42-49)84(65-47-61-59(76(9,10)37-39-78(61,13)14)45-54(65)50-25-27-51(28-26-50)73(2,3)4)66-44-53(85-64-24-20-19-23-57(64)80(17)33-21-22-34-81(80,85)18)30-32-63(66)82(70)72-71(55-46-60-62(48-69(55)86-72)79(15,16)40-38-77(60,11)12)83(67)52-29-31-56-58(43-52)75(7,8)36-35-74(56,5)6/h19-20,23-32,41-48H,21-22,33-40H2,1-18H3. The van der Waals surface area contributed by atoms with Crippen LogP contribution in [-0.2, 0) is 43.3 Å². The summed E-state index contributed by atoms with van der Waals surface area (Å²) in [5.41, 5.74) is 29.4. The number of hydrogen-bond acceptors (Lipinski definition) is 4. The highest BCUT2D eigenvalue weighted by Crippen LogP contribution is 2.62. The van der Waals surface area contributed by atoms with Crippen molar-refractivity contribution < 1.29 is 0 Å². The van der Waals surface area contributed by atoms with Crippen molar-refractivity contribution in [1.29, 1.82) is 0 Å². The average Bonchev–Trinajstić information content (AvgIpc) is 1.32. The second-order valence-electron chi connectivity index (χ2n) is 33.7. The zero-order chi connectivity index (χ0) is 60.6. The first-order valence-electron chi connectivity index (χ1n) is 33.2. The molecule has 1 saturated carbocycles. The molecular weight excluding hydrogens is 1060 g/mol. The van der Waals surface area contributed by atoms with Gasteiger partial charge in [-0.3, -0.25) is 0 Å². The van der Waals surface area contributed by atoms with E-state index >= 15 is 0 Å². The van der Waals surface area contributed by atoms with Gasteiger partial charge in [-0.15, -0.1) is 11.3 Å². The number of fused-ring (bicyclic) bond motifs is 12. The number of hydrogen-bond donors (Lipinski definition) is 0. The van der Waals surface area contributed by atoms with Gasteiger partial charge in [0, 0.05) is 60.0 Å². The molecule has 1 aromatic heterocycles. The summed E-state index contributed by atoms with van der Waals surface area (Å²) < 4.78 is 2.88. The predicted molar refractivity (Wildman–Crippen MR) is 373 cm³/mol. The van der Waals surface area contributed by atoms with Crippen LogP contribution in [0.1, 0.15) is 232 Å². The van der Waals surface area contributed by atoms with Crippen LogP contribution in [0.15, 0.2) is 121 Å². The van der Waals surface area contributed by atoms with E-state index in [1.54, 1.807) is 0 Å². The van der Waals surface area contributed by atoms with Gasteiger partial charge in [-0.25, -0.2) is 0 Å². The Hall–Kier alpha value is -6.04. The molecule has 0 amide bonds. The van der Waals surface area contributed by atoms with E-state index in [4.69, 9.17) is 0 Å². The molecule has 7 aromatic carbocycles. The van der Waals surface area contributed by atoms with Crippen molar-refractivity contribution in [1.82, 2.24) is 0 Å². The van der Waals surface area contributed by atoms with Crippen LogP contribution in [-0.4, -0.2) is 12.3 Å². The Labute approximate surface area is 521 Å². The van der Waals surface area contributed by atoms with Crippen molar-refractivity contribution in [3.05, 3.63) is 171 Å². The van der Waals surface area contributed by atoms with Crippen LogP contribution in [0.2, 0.25) is 0 Å². The lowest BCUT2D eigenvalue weighted by atomic mass is 9.36. The summed E-state index contributed by atoms with van der Waals surface area (Å²) >= 11 is 2.09. The van der Waals surface area contributed by atoms with E-state index in [9.17, 15) is 0 Å². The molecule has 1 fully saturated rings. The number of benzene rings is 7. The lowest BCUT2D eigenvalue weighted by Crippen LogP contribution is -2.60. The van der Waals surface area contributed by atoms with Crippen LogP contribution in [0.5, 0.6) is 0 Å². The molecule has 4 heterocycles. The summed E-state index contributed by atoms with van der Waals surface area (Å²) in [5, 5.41) is 1.40. The van der Waals surface area contributed by atoms with Gasteiger partial charge in [-0.1, -0.05) is 178 Å². The molecule has 15 rings (SSSR count). The maximum absolute atomic E-state index is 2.82. The molecule has 2 unspecified atom stereocenters. The summed E-state index contributed by atoms with van der Waals surface area (Å²) in [4.78, 5) is 8.42. The Bertz CT molecular complexity index is 4190. The van der Waals surface area contributed by atoms with Crippen molar-refractivity contribution in [2.24, 2.45) is 0 Å². The van der Waals surface area contributed by atoms with Gasteiger partial charge >= 0.3 is 0 Å². The number of thiophene rings is 1. The highest BCUT2D eigenvalue weighted by molar-refractivity contribution is 7.33. The molecular formula is C81H94BN3S. The molecule has 0 saturated heterocycles. The SMILES string of the molecule is Cc1cc2c3c(c1)N(c1ccc4c(c1)C(C)(C)CCC4(C)C)c1c(sc4cc5c(cc14)C(C)(C)CCC5(C)C)B3c1ccc(N3c4ccccc4C4(C)CCCCC34C)cc1N2c1cc2c(cc1-c1ccc(C(C)(C)C)cc1)C(C)(C)CCC2(C)C. The largest absolute Gasteiger partial charge is 0.334 e. The zero-order valence-electron chi connectivity index (χ0n) is 55.4. The molecule has 442 valence electrons. The highest BCUT2D eigenvalue weighted by atomic mass is 32.1. The van der Waals surface area contributed by atoms with Gasteiger partial charge in [-0.05, 0) is 236 Å². The quantitative estimate of drug-likeness (QED) is 0.163. The minimum Gasteiger partial charge on any atom is -0.334 e. The van der Waals surface area contributed by atoms with Crippen molar-refractivity contribution >= 4 is 89.3 Å². The molecule has 0 N–H and O–H groups in total. The van der Waals surface area contributed by atoms with E-state index in [2.05, 4.69) is 272 Å². The third-order valence-electron chi connectivity index (χ3n) is 24.4. The fraction of sp³-hybridized carbons (Fsp3) is 0.457. The first kappa shape index (κ1) is 56.5. The van der Waals surface area contributed by atoms with Crippen LogP contribution in [0.25, 0.3) is 21.2 Å². The molecule has 4 aliphatic carbocycles. The maximum atomic E-state index is 2.82. The Morgan fingerprint density at radius 1 is 0.442 bits per heavy atom. The van der Waals surface area contributed by atoms with E-state index in [0.29, 0.717) is 0 Å². The summed E-state index contributed by atoms with van der Waals surface area (Å²) in [7, 11) is 0. The monoisotopic (exact) mass is 1150 g/mol. The van der Waals surface area contributed by atoms with E-state index in [0.717, 1.165) is 19.3 Å². The summed E-state index contributed by atoms with van der Waals surface area (Å²) in [5.74, 6) is 0. The van der Waals surface area contributed by atoms with E-state index in [1.807, 2.05) is 0 Å².